The minimum absolute atomic E-state index is 0.0781. The maximum absolute atomic E-state index is 12.2. The molecule has 7 nitrogen and oxygen atoms in total. The lowest BCUT2D eigenvalue weighted by Crippen LogP contribution is -2.45. The van der Waals surface area contributed by atoms with E-state index in [0.29, 0.717) is 18.6 Å². The van der Waals surface area contributed by atoms with Gasteiger partial charge in [-0.15, -0.1) is 0 Å². The molecule has 8 heteroatoms. The van der Waals surface area contributed by atoms with E-state index in [1.165, 1.54) is 4.31 Å². The first-order chi connectivity index (χ1) is 9.77. The van der Waals surface area contributed by atoms with Crippen molar-refractivity contribution in [2.45, 2.75) is 32.7 Å². The van der Waals surface area contributed by atoms with Crippen molar-refractivity contribution in [3.8, 4) is 0 Å². The highest BCUT2D eigenvalue weighted by Gasteiger charge is 2.30. The van der Waals surface area contributed by atoms with E-state index in [2.05, 4.69) is 5.32 Å². The first-order valence-corrected chi connectivity index (χ1v) is 8.42. The van der Waals surface area contributed by atoms with Gasteiger partial charge in [-0.1, -0.05) is 0 Å². The van der Waals surface area contributed by atoms with Crippen LogP contribution in [0.2, 0.25) is 0 Å². The third-order valence-corrected chi connectivity index (χ3v) is 4.82. The average Bonchev–Trinajstić information content (AvgIpc) is 2.84. The van der Waals surface area contributed by atoms with Gasteiger partial charge in [-0.25, -0.2) is 5.14 Å². The number of piperidine rings is 1. The molecule has 1 atom stereocenters. The molecule has 118 valence electrons. The summed E-state index contributed by atoms with van der Waals surface area (Å²) in [6.45, 7) is 4.27. The van der Waals surface area contributed by atoms with E-state index in [1.54, 1.807) is 0 Å². The summed E-state index contributed by atoms with van der Waals surface area (Å²) in [6, 6.07) is 3.48. The Morgan fingerprint density at radius 1 is 1.43 bits per heavy atom. The van der Waals surface area contributed by atoms with Crippen molar-refractivity contribution in [2.75, 3.05) is 13.1 Å². The highest BCUT2D eigenvalue weighted by atomic mass is 32.2. The van der Waals surface area contributed by atoms with Crippen LogP contribution in [0.4, 0.5) is 0 Å². The minimum atomic E-state index is -3.65. The fourth-order valence-corrected chi connectivity index (χ4v) is 3.18. The van der Waals surface area contributed by atoms with Crippen LogP contribution in [-0.2, 0) is 15.0 Å². The van der Waals surface area contributed by atoms with Gasteiger partial charge in [0.2, 0.25) is 5.91 Å². The molecule has 1 amide bonds. The molecule has 1 fully saturated rings. The molecule has 1 aromatic heterocycles. The van der Waals surface area contributed by atoms with Gasteiger partial charge in [0.1, 0.15) is 11.5 Å². The van der Waals surface area contributed by atoms with Crippen molar-refractivity contribution in [1.82, 2.24) is 9.62 Å². The molecule has 1 aromatic rings. The Hall–Kier alpha value is -1.38. The van der Waals surface area contributed by atoms with Gasteiger partial charge >= 0.3 is 0 Å². The Bertz CT molecular complexity index is 603. The molecule has 0 bridgehead atoms. The highest BCUT2D eigenvalue weighted by Crippen LogP contribution is 2.21. The topological polar surface area (TPSA) is 106 Å². The van der Waals surface area contributed by atoms with Gasteiger partial charge < -0.3 is 9.73 Å². The summed E-state index contributed by atoms with van der Waals surface area (Å²) in [5, 5.41) is 7.98. The fraction of sp³-hybridized carbons (Fsp3) is 0.615. The second-order valence-corrected chi connectivity index (χ2v) is 6.94. The number of nitrogens with two attached hydrogens (primary N) is 1. The zero-order valence-electron chi connectivity index (χ0n) is 12.2. The first kappa shape index (κ1) is 16.0. The average molecular weight is 315 g/mol. The molecule has 1 aliphatic heterocycles. The predicted octanol–water partition coefficient (Wildman–Crippen LogP) is 0.681. The first-order valence-electron chi connectivity index (χ1n) is 6.92. The molecule has 3 N–H and O–H groups in total. The van der Waals surface area contributed by atoms with Crippen LogP contribution in [0.3, 0.4) is 0 Å². The fourth-order valence-electron chi connectivity index (χ4n) is 2.46. The van der Waals surface area contributed by atoms with Gasteiger partial charge in [-0.3, -0.25) is 4.79 Å². The molecule has 1 saturated heterocycles. The summed E-state index contributed by atoms with van der Waals surface area (Å²) in [4.78, 5) is 12.2. The molecular formula is C13H21N3O4S. The van der Waals surface area contributed by atoms with Crippen LogP contribution < -0.4 is 10.5 Å². The van der Waals surface area contributed by atoms with Gasteiger partial charge in [-0.05, 0) is 38.8 Å². The number of carbonyl (C=O) groups excluding carboxylic acids is 1. The standard InChI is InChI=1S/C13H21N3O4S/c1-9-3-4-12(20-9)10(2)15-13(17)11-5-7-16(8-6-11)21(14,18)19/h3-4,10-11H,5-8H2,1-2H3,(H,15,17)(H2,14,18,19)/t10-/m0/s1. The molecule has 0 aliphatic carbocycles. The lowest BCUT2D eigenvalue weighted by Gasteiger charge is -2.29. The summed E-state index contributed by atoms with van der Waals surface area (Å²) in [6.07, 6.45) is 0.957. The monoisotopic (exact) mass is 315 g/mol. The maximum atomic E-state index is 12.2. The molecular weight excluding hydrogens is 294 g/mol. The van der Waals surface area contributed by atoms with Crippen LogP contribution in [-0.4, -0.2) is 31.7 Å². The lowest BCUT2D eigenvalue weighted by atomic mass is 9.97. The summed E-state index contributed by atoms with van der Waals surface area (Å²) in [5.41, 5.74) is 0. The van der Waals surface area contributed by atoms with Crippen molar-refractivity contribution in [3.63, 3.8) is 0 Å². The normalized spacial score (nSPS) is 19.4. The molecule has 0 spiro atoms. The Morgan fingerprint density at radius 2 is 2.05 bits per heavy atom. The predicted molar refractivity (Wildman–Crippen MR) is 77.4 cm³/mol. The molecule has 1 aliphatic rings. The van der Waals surface area contributed by atoms with E-state index >= 15 is 0 Å². The molecule has 0 radical (unpaired) electrons. The Kier molecular flexibility index (Phi) is 4.70. The SMILES string of the molecule is Cc1ccc([C@H](C)NC(=O)C2CCN(S(N)(=O)=O)CC2)o1. The summed E-state index contributed by atoms with van der Waals surface area (Å²) < 4.78 is 29.1. The van der Waals surface area contributed by atoms with E-state index in [0.717, 1.165) is 5.76 Å². The van der Waals surface area contributed by atoms with Gasteiger partial charge in [0, 0.05) is 19.0 Å². The second-order valence-electron chi connectivity index (χ2n) is 5.40. The lowest BCUT2D eigenvalue weighted by molar-refractivity contribution is -0.126. The number of rotatable bonds is 4. The number of aryl methyl sites for hydroxylation is 1. The van der Waals surface area contributed by atoms with Crippen molar-refractivity contribution >= 4 is 16.1 Å². The van der Waals surface area contributed by atoms with Gasteiger partial charge in [0.05, 0.1) is 6.04 Å². The van der Waals surface area contributed by atoms with E-state index in [4.69, 9.17) is 9.56 Å². The van der Waals surface area contributed by atoms with Crippen LogP contribution in [0.15, 0.2) is 16.5 Å². The van der Waals surface area contributed by atoms with Crippen LogP contribution in [0.25, 0.3) is 0 Å². The van der Waals surface area contributed by atoms with Crippen LogP contribution in [0, 0.1) is 12.8 Å². The van der Waals surface area contributed by atoms with Gasteiger partial charge in [-0.2, -0.15) is 12.7 Å². The van der Waals surface area contributed by atoms with E-state index < -0.39 is 10.2 Å². The number of hydrogen-bond acceptors (Lipinski definition) is 4. The third-order valence-electron chi connectivity index (χ3n) is 3.73. The number of nitrogens with zero attached hydrogens (tertiary/aromatic N) is 1. The number of amides is 1. The van der Waals surface area contributed by atoms with Crippen molar-refractivity contribution < 1.29 is 17.6 Å². The largest absolute Gasteiger partial charge is 0.464 e. The number of hydrogen-bond donors (Lipinski definition) is 2. The molecule has 0 saturated carbocycles. The maximum Gasteiger partial charge on any atom is 0.276 e. The highest BCUT2D eigenvalue weighted by molar-refractivity contribution is 7.86. The number of carbonyl (C=O) groups is 1. The zero-order valence-corrected chi connectivity index (χ0v) is 13.0. The smallest absolute Gasteiger partial charge is 0.276 e. The third kappa shape index (κ3) is 4.05. The summed E-state index contributed by atoms with van der Waals surface area (Å²) in [7, 11) is -3.65. The molecule has 2 heterocycles. The van der Waals surface area contributed by atoms with Crippen LogP contribution >= 0.6 is 0 Å². The molecule has 0 aromatic carbocycles. The molecule has 21 heavy (non-hydrogen) atoms. The van der Waals surface area contributed by atoms with Gasteiger partial charge in [0.25, 0.3) is 10.2 Å². The number of nitrogens with one attached hydrogen (secondary N) is 1. The zero-order chi connectivity index (χ0) is 15.6. The quantitative estimate of drug-likeness (QED) is 0.852. The van der Waals surface area contributed by atoms with E-state index in [1.807, 2.05) is 26.0 Å². The van der Waals surface area contributed by atoms with Crippen LogP contribution in [0.1, 0.15) is 37.3 Å². The van der Waals surface area contributed by atoms with Crippen LogP contribution in [0.5, 0.6) is 0 Å². The summed E-state index contributed by atoms with van der Waals surface area (Å²) in [5.74, 6) is 1.24. The van der Waals surface area contributed by atoms with E-state index in [9.17, 15) is 13.2 Å². The Morgan fingerprint density at radius 3 is 2.52 bits per heavy atom. The minimum Gasteiger partial charge on any atom is -0.464 e. The van der Waals surface area contributed by atoms with Gasteiger partial charge in [0.15, 0.2) is 0 Å². The Balaban J connectivity index is 1.88. The molecule has 0 unspecified atom stereocenters. The van der Waals surface area contributed by atoms with Crippen molar-refractivity contribution in [2.24, 2.45) is 11.1 Å². The molecule has 2 rings (SSSR count). The second kappa shape index (κ2) is 6.17. The summed E-state index contributed by atoms with van der Waals surface area (Å²) >= 11 is 0. The number of furan rings is 1. The van der Waals surface area contributed by atoms with E-state index in [-0.39, 0.29) is 31.0 Å². The van der Waals surface area contributed by atoms with Crippen molar-refractivity contribution in [1.29, 1.82) is 0 Å². The Labute approximate surface area is 124 Å². The van der Waals surface area contributed by atoms with Crippen molar-refractivity contribution in [3.05, 3.63) is 23.7 Å².